The molecule has 7 heteroatoms. The number of carbonyl (C=O) groups excluding carboxylic acids is 1. The van der Waals surface area contributed by atoms with Crippen LogP contribution >= 0.6 is 0 Å². The van der Waals surface area contributed by atoms with Crippen LogP contribution in [-0.4, -0.2) is 82.6 Å². The molecule has 2 heterocycles. The van der Waals surface area contributed by atoms with Crippen LogP contribution in [0.1, 0.15) is 35.8 Å². The second kappa shape index (κ2) is 10.5. The molecule has 158 valence electrons. The second-order valence-electron chi connectivity index (χ2n) is 7.52. The van der Waals surface area contributed by atoms with Crippen LogP contribution < -0.4 is 0 Å². The lowest BCUT2D eigenvalue weighted by molar-refractivity contribution is 0.0675. The Morgan fingerprint density at radius 2 is 1.79 bits per heavy atom. The molecule has 0 bridgehead atoms. The highest BCUT2D eigenvalue weighted by Crippen LogP contribution is 2.12. The molecule has 0 spiro atoms. The number of β-amino-alcohol motifs (C(OH)–C–C–N with tert-alkyl or cyclic N) is 1. The number of amides is 1. The minimum Gasteiger partial charge on any atom is -0.447 e. The molecule has 0 radical (unpaired) electrons. The van der Waals surface area contributed by atoms with Crippen molar-refractivity contribution in [3.05, 3.63) is 53.7 Å². The van der Waals surface area contributed by atoms with Crippen molar-refractivity contribution in [2.45, 2.75) is 32.9 Å². The van der Waals surface area contributed by atoms with Gasteiger partial charge in [-0.25, -0.2) is 4.98 Å². The normalized spacial score (nSPS) is 16.7. The van der Waals surface area contributed by atoms with Crippen molar-refractivity contribution in [1.82, 2.24) is 19.7 Å². The van der Waals surface area contributed by atoms with E-state index in [2.05, 4.69) is 26.9 Å². The Bertz CT molecular complexity index is 752. The summed E-state index contributed by atoms with van der Waals surface area (Å²) in [4.78, 5) is 23.0. The van der Waals surface area contributed by atoms with Gasteiger partial charge in [0.05, 0.1) is 12.6 Å². The lowest BCUT2D eigenvalue weighted by Gasteiger charge is -2.35. The Hall–Kier alpha value is -2.22. The number of rotatable bonds is 9. The molecule has 0 saturated carbocycles. The molecule has 1 unspecified atom stereocenters. The zero-order valence-corrected chi connectivity index (χ0v) is 17.5. The van der Waals surface area contributed by atoms with E-state index < -0.39 is 0 Å². The highest BCUT2D eigenvalue weighted by atomic mass is 16.3. The van der Waals surface area contributed by atoms with Gasteiger partial charge in [0.2, 0.25) is 5.89 Å². The Balaban J connectivity index is 1.42. The molecule has 1 aliphatic heterocycles. The molecule has 1 aromatic heterocycles. The number of aliphatic hydroxyl groups is 1. The number of hydrogen-bond acceptors (Lipinski definition) is 6. The Labute approximate surface area is 172 Å². The number of hydrogen-bond donors (Lipinski definition) is 1. The molecule has 29 heavy (non-hydrogen) atoms. The van der Waals surface area contributed by atoms with Gasteiger partial charge in [0.25, 0.3) is 5.91 Å². The van der Waals surface area contributed by atoms with E-state index in [9.17, 15) is 9.90 Å². The van der Waals surface area contributed by atoms with Gasteiger partial charge in [0.15, 0.2) is 5.69 Å². The lowest BCUT2D eigenvalue weighted by atomic mass is 10.1. The molecule has 1 saturated heterocycles. The molecule has 7 nitrogen and oxygen atoms in total. The lowest BCUT2D eigenvalue weighted by Crippen LogP contribution is -2.48. The maximum atomic E-state index is 12.3. The highest BCUT2D eigenvalue weighted by molar-refractivity contribution is 5.91. The summed E-state index contributed by atoms with van der Waals surface area (Å²) in [6.45, 7) is 10.1. The second-order valence-corrected chi connectivity index (χ2v) is 7.52. The number of carbonyl (C=O) groups is 1. The zero-order valence-electron chi connectivity index (χ0n) is 17.5. The summed E-state index contributed by atoms with van der Waals surface area (Å²) in [5.41, 5.74) is 1.55. The highest BCUT2D eigenvalue weighted by Gasteiger charge is 2.22. The molecule has 3 rings (SSSR count). The van der Waals surface area contributed by atoms with Crippen LogP contribution in [0.2, 0.25) is 0 Å². The number of piperazine rings is 1. The van der Waals surface area contributed by atoms with Gasteiger partial charge in [-0.05, 0) is 25.8 Å². The molecule has 1 N–H and O–H groups in total. The van der Waals surface area contributed by atoms with Gasteiger partial charge in [-0.1, -0.05) is 30.3 Å². The number of aromatic nitrogens is 1. The first kappa shape index (κ1) is 21.5. The smallest absolute Gasteiger partial charge is 0.275 e. The maximum absolute atomic E-state index is 12.3. The van der Waals surface area contributed by atoms with Gasteiger partial charge in [-0.15, -0.1) is 0 Å². The van der Waals surface area contributed by atoms with Crippen LogP contribution in [0.3, 0.4) is 0 Å². The van der Waals surface area contributed by atoms with E-state index in [0.717, 1.165) is 31.7 Å². The van der Waals surface area contributed by atoms with Crippen LogP contribution in [0, 0.1) is 0 Å². The number of aliphatic hydroxyl groups excluding tert-OH is 1. The summed E-state index contributed by atoms with van der Waals surface area (Å²) < 4.78 is 5.53. The van der Waals surface area contributed by atoms with Crippen molar-refractivity contribution in [3.8, 4) is 0 Å². The first-order chi connectivity index (χ1) is 14.1. The number of benzene rings is 1. The summed E-state index contributed by atoms with van der Waals surface area (Å²) in [6, 6.07) is 10.1. The van der Waals surface area contributed by atoms with Crippen LogP contribution in [-0.2, 0) is 13.0 Å². The van der Waals surface area contributed by atoms with E-state index in [1.54, 1.807) is 4.90 Å². The van der Waals surface area contributed by atoms with Gasteiger partial charge in [-0.3, -0.25) is 14.6 Å². The fourth-order valence-electron chi connectivity index (χ4n) is 3.72. The number of nitrogens with zero attached hydrogens (tertiary/aromatic N) is 4. The molecule has 1 aliphatic rings. The first-order valence-corrected chi connectivity index (χ1v) is 10.5. The summed E-state index contributed by atoms with van der Waals surface area (Å²) in [5.74, 6) is 0.500. The van der Waals surface area contributed by atoms with Crippen LogP contribution in [0.15, 0.2) is 41.0 Å². The van der Waals surface area contributed by atoms with Gasteiger partial charge < -0.3 is 14.4 Å². The number of oxazole rings is 1. The largest absolute Gasteiger partial charge is 0.447 e. The van der Waals surface area contributed by atoms with Crippen molar-refractivity contribution >= 4 is 5.91 Å². The van der Waals surface area contributed by atoms with E-state index in [4.69, 9.17) is 4.42 Å². The van der Waals surface area contributed by atoms with Crippen molar-refractivity contribution in [1.29, 1.82) is 0 Å². The monoisotopic (exact) mass is 400 g/mol. The van der Waals surface area contributed by atoms with Gasteiger partial charge in [0.1, 0.15) is 6.26 Å². The fraction of sp³-hybridized carbons (Fsp3) is 0.545. The first-order valence-electron chi connectivity index (χ1n) is 10.5. The molecular formula is C22H32N4O3. The van der Waals surface area contributed by atoms with Crippen LogP contribution in [0.5, 0.6) is 0 Å². The summed E-state index contributed by atoms with van der Waals surface area (Å²) in [5, 5.41) is 10.4. The fourth-order valence-corrected chi connectivity index (χ4v) is 3.72. The minimum atomic E-state index is -0.357. The van der Waals surface area contributed by atoms with E-state index >= 15 is 0 Å². The molecule has 1 fully saturated rings. The zero-order chi connectivity index (χ0) is 20.6. The third-order valence-corrected chi connectivity index (χ3v) is 5.43. The molecule has 0 aliphatic carbocycles. The van der Waals surface area contributed by atoms with Crippen molar-refractivity contribution in [2.24, 2.45) is 0 Å². The van der Waals surface area contributed by atoms with Gasteiger partial charge in [-0.2, -0.15) is 0 Å². The SMILES string of the molecule is CCN(CC)C(=O)c1coc(CN2CCN(CC(O)Cc3ccccc3)CC2)n1. The maximum Gasteiger partial charge on any atom is 0.275 e. The third-order valence-electron chi connectivity index (χ3n) is 5.43. The molecular weight excluding hydrogens is 368 g/mol. The Kier molecular flexibility index (Phi) is 7.80. The van der Waals surface area contributed by atoms with Crippen molar-refractivity contribution < 1.29 is 14.3 Å². The quantitative estimate of drug-likeness (QED) is 0.693. The third kappa shape index (κ3) is 6.13. The Morgan fingerprint density at radius 3 is 2.45 bits per heavy atom. The molecule has 1 amide bonds. The van der Waals surface area contributed by atoms with Crippen LogP contribution in [0.4, 0.5) is 0 Å². The predicted octanol–water partition coefficient (Wildman–Crippen LogP) is 1.88. The minimum absolute atomic E-state index is 0.0813. The average Bonchev–Trinajstić information content (AvgIpc) is 3.19. The van der Waals surface area contributed by atoms with Crippen molar-refractivity contribution in [3.63, 3.8) is 0 Å². The average molecular weight is 401 g/mol. The predicted molar refractivity (Wildman–Crippen MR) is 112 cm³/mol. The molecule has 1 aromatic carbocycles. The summed E-state index contributed by atoms with van der Waals surface area (Å²) in [7, 11) is 0. The molecule has 1 atom stereocenters. The summed E-state index contributed by atoms with van der Waals surface area (Å²) in [6.07, 6.45) is 1.79. The van der Waals surface area contributed by atoms with Gasteiger partial charge in [0, 0.05) is 45.8 Å². The van der Waals surface area contributed by atoms with E-state index in [-0.39, 0.29) is 12.0 Å². The van der Waals surface area contributed by atoms with E-state index in [1.807, 2.05) is 32.0 Å². The van der Waals surface area contributed by atoms with Crippen molar-refractivity contribution in [2.75, 3.05) is 45.8 Å². The molecule has 2 aromatic rings. The topological polar surface area (TPSA) is 73.1 Å². The van der Waals surface area contributed by atoms with E-state index in [1.165, 1.54) is 6.26 Å². The standard InChI is InChI=1S/C22H32N4O3/c1-3-26(4-2)22(28)20-17-29-21(23-20)16-25-12-10-24(11-13-25)15-19(27)14-18-8-6-5-7-9-18/h5-9,17,19,27H,3-4,10-16H2,1-2H3. The summed E-state index contributed by atoms with van der Waals surface area (Å²) >= 11 is 0. The van der Waals surface area contributed by atoms with Crippen LogP contribution in [0.25, 0.3) is 0 Å². The van der Waals surface area contributed by atoms with Gasteiger partial charge >= 0.3 is 0 Å². The Morgan fingerprint density at radius 1 is 1.14 bits per heavy atom. The van der Waals surface area contributed by atoms with E-state index in [0.29, 0.717) is 44.2 Å².